The van der Waals surface area contributed by atoms with Gasteiger partial charge in [-0.25, -0.2) is 0 Å². The molecule has 1 aromatic carbocycles. The van der Waals surface area contributed by atoms with Crippen LogP contribution in [0, 0.1) is 23.7 Å². The first kappa shape index (κ1) is 10.7. The fourth-order valence-electron chi connectivity index (χ4n) is 1.87. The minimum Gasteiger partial charge on any atom is -0.323 e. The summed E-state index contributed by atoms with van der Waals surface area (Å²) >= 11 is 3.44. The predicted molar refractivity (Wildman–Crippen MR) is 63.1 cm³/mol. The first-order chi connectivity index (χ1) is 7.09. The topological polar surface area (TPSA) is 49.8 Å². The average Bonchev–Trinajstić information content (AvgIpc) is 3.01. The van der Waals surface area contributed by atoms with Gasteiger partial charge in [0.15, 0.2) is 0 Å². The van der Waals surface area contributed by atoms with Crippen molar-refractivity contribution < 1.29 is 0 Å². The summed E-state index contributed by atoms with van der Waals surface area (Å²) in [5.41, 5.74) is 8.12. The van der Waals surface area contributed by atoms with E-state index in [0.717, 1.165) is 28.4 Å². The number of benzene rings is 1. The average molecular weight is 265 g/mol. The van der Waals surface area contributed by atoms with E-state index in [1.165, 1.54) is 0 Å². The number of halogens is 1. The number of nitrogens with two attached hydrogens (primary N) is 1. The third kappa shape index (κ3) is 1.80. The van der Waals surface area contributed by atoms with Crippen LogP contribution >= 0.6 is 15.9 Å². The van der Waals surface area contributed by atoms with E-state index in [2.05, 4.69) is 22.0 Å². The molecule has 1 atom stereocenters. The summed E-state index contributed by atoms with van der Waals surface area (Å²) < 4.78 is 1.02. The van der Waals surface area contributed by atoms with Crippen molar-refractivity contribution in [3.05, 3.63) is 33.8 Å². The molecular weight excluding hydrogens is 252 g/mol. The van der Waals surface area contributed by atoms with Gasteiger partial charge in [0.1, 0.15) is 0 Å². The van der Waals surface area contributed by atoms with Crippen LogP contribution in [0.2, 0.25) is 0 Å². The Morgan fingerprint density at radius 1 is 1.53 bits per heavy atom. The maximum atomic E-state index is 9.11. The van der Waals surface area contributed by atoms with E-state index >= 15 is 0 Å². The second-order valence-electron chi connectivity index (χ2n) is 4.25. The lowest BCUT2D eigenvalue weighted by Gasteiger charge is -2.19. The largest absolute Gasteiger partial charge is 0.323 e. The van der Waals surface area contributed by atoms with E-state index in [0.29, 0.717) is 0 Å². The van der Waals surface area contributed by atoms with Gasteiger partial charge in [-0.1, -0.05) is 22.0 Å². The predicted octanol–water partition coefficient (Wildman–Crippen LogP) is 3.06. The molecule has 2 rings (SSSR count). The molecule has 0 aliphatic heterocycles. The van der Waals surface area contributed by atoms with E-state index in [1.54, 1.807) is 0 Å². The second kappa shape index (κ2) is 3.62. The van der Waals surface area contributed by atoms with Gasteiger partial charge in [0, 0.05) is 10.5 Å². The van der Waals surface area contributed by atoms with Crippen molar-refractivity contribution in [2.24, 2.45) is 11.1 Å². The Hall–Kier alpha value is -0.850. The molecule has 0 heterocycles. The van der Waals surface area contributed by atoms with Gasteiger partial charge in [-0.15, -0.1) is 0 Å². The monoisotopic (exact) mass is 264 g/mol. The van der Waals surface area contributed by atoms with Gasteiger partial charge in [0.25, 0.3) is 0 Å². The molecular formula is C12H13BrN2. The van der Waals surface area contributed by atoms with Gasteiger partial charge in [-0.05, 0) is 43.0 Å². The summed E-state index contributed by atoms with van der Waals surface area (Å²) in [6.45, 7) is 2.04. The van der Waals surface area contributed by atoms with Crippen molar-refractivity contribution in [3.8, 4) is 6.07 Å². The summed E-state index contributed by atoms with van der Waals surface area (Å²) in [4.78, 5) is 0. The van der Waals surface area contributed by atoms with Gasteiger partial charge in [-0.2, -0.15) is 5.26 Å². The van der Waals surface area contributed by atoms with Crippen molar-refractivity contribution in [3.63, 3.8) is 0 Å². The van der Waals surface area contributed by atoms with Crippen molar-refractivity contribution >= 4 is 15.9 Å². The first-order valence-corrected chi connectivity index (χ1v) is 5.81. The second-order valence-corrected chi connectivity index (χ2v) is 5.16. The minimum absolute atomic E-state index is 0.153. The van der Waals surface area contributed by atoms with E-state index < -0.39 is 0 Å². The van der Waals surface area contributed by atoms with Gasteiger partial charge >= 0.3 is 0 Å². The SMILES string of the molecule is Cc1ccc(Br)cc1C(N)C1(C#N)CC1. The lowest BCUT2D eigenvalue weighted by molar-refractivity contribution is 0.517. The summed E-state index contributed by atoms with van der Waals surface area (Å²) in [5.74, 6) is 0. The molecule has 15 heavy (non-hydrogen) atoms. The Bertz CT molecular complexity index is 430. The van der Waals surface area contributed by atoms with Crippen LogP contribution in [0.3, 0.4) is 0 Å². The third-order valence-electron chi connectivity index (χ3n) is 3.18. The van der Waals surface area contributed by atoms with E-state index in [9.17, 15) is 0 Å². The molecule has 0 radical (unpaired) electrons. The third-order valence-corrected chi connectivity index (χ3v) is 3.68. The molecule has 1 aliphatic rings. The molecule has 1 aromatic rings. The Morgan fingerprint density at radius 2 is 2.20 bits per heavy atom. The number of hydrogen-bond donors (Lipinski definition) is 1. The summed E-state index contributed by atoms with van der Waals surface area (Å²) in [6, 6.07) is 8.26. The number of rotatable bonds is 2. The molecule has 1 fully saturated rings. The Morgan fingerprint density at radius 3 is 2.73 bits per heavy atom. The Balaban J connectivity index is 2.38. The number of nitrogens with zero attached hydrogens (tertiary/aromatic N) is 1. The van der Waals surface area contributed by atoms with Crippen molar-refractivity contribution in [1.82, 2.24) is 0 Å². The standard InChI is InChI=1S/C12H13BrN2/c1-8-2-3-9(13)6-10(8)11(15)12(7-14)4-5-12/h2-3,6,11H,4-5,15H2,1H3. The highest BCUT2D eigenvalue weighted by Gasteiger charge is 2.49. The molecule has 0 bridgehead atoms. The van der Waals surface area contributed by atoms with Crippen LogP contribution in [0.5, 0.6) is 0 Å². The van der Waals surface area contributed by atoms with Crippen LogP contribution < -0.4 is 5.73 Å². The zero-order valence-electron chi connectivity index (χ0n) is 8.63. The van der Waals surface area contributed by atoms with Crippen LogP contribution in [0.1, 0.15) is 30.0 Å². The van der Waals surface area contributed by atoms with Crippen molar-refractivity contribution in [2.45, 2.75) is 25.8 Å². The van der Waals surface area contributed by atoms with Gasteiger partial charge in [0.05, 0.1) is 11.5 Å². The van der Waals surface area contributed by atoms with Gasteiger partial charge in [0.2, 0.25) is 0 Å². The van der Waals surface area contributed by atoms with Crippen LogP contribution in [0.25, 0.3) is 0 Å². The van der Waals surface area contributed by atoms with Crippen molar-refractivity contribution in [1.29, 1.82) is 5.26 Å². The zero-order valence-corrected chi connectivity index (χ0v) is 10.2. The Kier molecular flexibility index (Phi) is 2.57. The highest BCUT2D eigenvalue weighted by molar-refractivity contribution is 9.10. The summed E-state index contributed by atoms with van der Waals surface area (Å²) in [7, 11) is 0. The number of aryl methyl sites for hydroxylation is 1. The van der Waals surface area contributed by atoms with Crippen LogP contribution in [0.4, 0.5) is 0 Å². The fourth-order valence-corrected chi connectivity index (χ4v) is 2.25. The molecule has 1 aliphatic carbocycles. The molecule has 0 aromatic heterocycles. The van der Waals surface area contributed by atoms with Gasteiger partial charge in [-0.3, -0.25) is 0 Å². The molecule has 1 saturated carbocycles. The maximum Gasteiger partial charge on any atom is 0.0767 e. The lowest BCUT2D eigenvalue weighted by atomic mass is 9.89. The number of nitriles is 1. The molecule has 78 valence electrons. The number of hydrogen-bond acceptors (Lipinski definition) is 2. The van der Waals surface area contributed by atoms with Crippen LogP contribution in [-0.4, -0.2) is 0 Å². The normalized spacial score (nSPS) is 19.3. The smallest absolute Gasteiger partial charge is 0.0767 e. The van der Waals surface area contributed by atoms with E-state index in [4.69, 9.17) is 11.0 Å². The molecule has 0 spiro atoms. The van der Waals surface area contributed by atoms with E-state index in [-0.39, 0.29) is 11.5 Å². The van der Waals surface area contributed by atoms with Crippen molar-refractivity contribution in [2.75, 3.05) is 0 Å². The molecule has 2 nitrogen and oxygen atoms in total. The summed E-state index contributed by atoms with van der Waals surface area (Å²) in [6.07, 6.45) is 1.85. The van der Waals surface area contributed by atoms with Crippen LogP contribution in [0.15, 0.2) is 22.7 Å². The summed E-state index contributed by atoms with van der Waals surface area (Å²) in [5, 5.41) is 9.11. The molecule has 3 heteroatoms. The maximum absolute atomic E-state index is 9.11. The van der Waals surface area contributed by atoms with Crippen LogP contribution in [-0.2, 0) is 0 Å². The zero-order chi connectivity index (χ0) is 11.1. The van der Waals surface area contributed by atoms with E-state index in [1.807, 2.05) is 25.1 Å². The lowest BCUT2D eigenvalue weighted by Crippen LogP contribution is -2.22. The highest BCUT2D eigenvalue weighted by atomic mass is 79.9. The molecule has 2 N–H and O–H groups in total. The Labute approximate surface area is 98.2 Å². The highest BCUT2D eigenvalue weighted by Crippen LogP contribution is 2.53. The fraction of sp³-hybridized carbons (Fsp3) is 0.417. The molecule has 0 saturated heterocycles. The molecule has 1 unspecified atom stereocenters. The van der Waals surface area contributed by atoms with Gasteiger partial charge < -0.3 is 5.73 Å². The minimum atomic E-state index is -0.300. The molecule has 0 amide bonds. The quantitative estimate of drug-likeness (QED) is 0.893. The first-order valence-electron chi connectivity index (χ1n) is 5.02.